The Bertz CT molecular complexity index is 1150. The standard InChI is InChI=1S/C20H18N4O2/c1-12-17(11-23(3)22-12)15-6-4-5-7-16(15)19-13(2)24-9-8-14(20(25)26)10-18(24)21-19/h4-11H,1-3H3,(H,25,26). The van der Waals surface area contributed by atoms with Crippen LogP contribution in [0.1, 0.15) is 21.7 Å². The fraction of sp³-hybridized carbons (Fsp3) is 0.150. The van der Waals surface area contributed by atoms with E-state index in [0.29, 0.717) is 5.65 Å². The smallest absolute Gasteiger partial charge is 0.335 e. The Morgan fingerprint density at radius 2 is 1.81 bits per heavy atom. The predicted octanol–water partition coefficient (Wildman–Crippen LogP) is 3.72. The van der Waals surface area contributed by atoms with E-state index in [1.54, 1.807) is 23.0 Å². The number of pyridine rings is 1. The molecule has 0 aliphatic rings. The fourth-order valence-electron chi connectivity index (χ4n) is 3.34. The molecule has 0 saturated heterocycles. The molecule has 130 valence electrons. The zero-order chi connectivity index (χ0) is 18.4. The van der Waals surface area contributed by atoms with Crippen molar-refractivity contribution in [3.63, 3.8) is 0 Å². The van der Waals surface area contributed by atoms with Crippen LogP contribution in [0.25, 0.3) is 28.0 Å². The number of aromatic nitrogens is 4. The van der Waals surface area contributed by atoms with Gasteiger partial charge in [-0.15, -0.1) is 0 Å². The second-order valence-corrected chi connectivity index (χ2v) is 6.34. The molecule has 26 heavy (non-hydrogen) atoms. The number of carboxylic acid groups (broad SMARTS) is 1. The van der Waals surface area contributed by atoms with E-state index in [0.717, 1.165) is 33.8 Å². The maximum Gasteiger partial charge on any atom is 0.335 e. The first-order valence-corrected chi connectivity index (χ1v) is 8.27. The molecule has 3 aromatic heterocycles. The van der Waals surface area contributed by atoms with Crippen molar-refractivity contribution in [3.8, 4) is 22.4 Å². The van der Waals surface area contributed by atoms with Gasteiger partial charge in [0.15, 0.2) is 0 Å². The Morgan fingerprint density at radius 3 is 2.46 bits per heavy atom. The molecule has 0 saturated carbocycles. The first-order valence-electron chi connectivity index (χ1n) is 8.27. The lowest BCUT2D eigenvalue weighted by molar-refractivity contribution is 0.0697. The molecule has 6 heteroatoms. The summed E-state index contributed by atoms with van der Waals surface area (Å²) in [6.07, 6.45) is 3.75. The molecule has 1 aromatic carbocycles. The number of fused-ring (bicyclic) bond motifs is 1. The molecule has 0 aliphatic heterocycles. The fourth-order valence-corrected chi connectivity index (χ4v) is 3.34. The number of carbonyl (C=O) groups is 1. The van der Waals surface area contributed by atoms with Crippen molar-refractivity contribution >= 4 is 11.6 Å². The van der Waals surface area contributed by atoms with E-state index in [-0.39, 0.29) is 5.56 Å². The maximum atomic E-state index is 11.2. The van der Waals surface area contributed by atoms with Gasteiger partial charge in [-0.1, -0.05) is 24.3 Å². The summed E-state index contributed by atoms with van der Waals surface area (Å²) >= 11 is 0. The Morgan fingerprint density at radius 1 is 1.08 bits per heavy atom. The highest BCUT2D eigenvalue weighted by atomic mass is 16.4. The largest absolute Gasteiger partial charge is 0.478 e. The molecule has 1 N–H and O–H groups in total. The second kappa shape index (κ2) is 5.84. The van der Waals surface area contributed by atoms with E-state index < -0.39 is 5.97 Å². The Balaban J connectivity index is 1.95. The predicted molar refractivity (Wildman–Crippen MR) is 99.3 cm³/mol. The van der Waals surface area contributed by atoms with Gasteiger partial charge in [0.25, 0.3) is 0 Å². The number of nitrogens with zero attached hydrogens (tertiary/aromatic N) is 4. The number of aryl methyl sites for hydroxylation is 3. The molecule has 4 aromatic rings. The average molecular weight is 346 g/mol. The molecule has 0 bridgehead atoms. The third-order valence-corrected chi connectivity index (χ3v) is 4.60. The zero-order valence-electron chi connectivity index (χ0n) is 14.8. The van der Waals surface area contributed by atoms with Gasteiger partial charge >= 0.3 is 5.97 Å². The summed E-state index contributed by atoms with van der Waals surface area (Å²) in [5, 5.41) is 13.7. The monoisotopic (exact) mass is 346 g/mol. The number of imidazole rings is 1. The first kappa shape index (κ1) is 16.1. The lowest BCUT2D eigenvalue weighted by Gasteiger charge is -2.07. The minimum atomic E-state index is -0.957. The van der Waals surface area contributed by atoms with Crippen LogP contribution < -0.4 is 0 Å². The van der Waals surface area contributed by atoms with Crippen LogP contribution in [0.3, 0.4) is 0 Å². The lowest BCUT2D eigenvalue weighted by atomic mass is 9.97. The van der Waals surface area contributed by atoms with Crippen molar-refractivity contribution in [2.24, 2.45) is 7.05 Å². The summed E-state index contributed by atoms with van der Waals surface area (Å²) in [7, 11) is 1.91. The van der Waals surface area contributed by atoms with Gasteiger partial charge < -0.3 is 9.51 Å². The Hall–Kier alpha value is -3.41. The van der Waals surface area contributed by atoms with Gasteiger partial charge in [0.05, 0.1) is 17.0 Å². The summed E-state index contributed by atoms with van der Waals surface area (Å²) < 4.78 is 3.71. The van der Waals surface area contributed by atoms with E-state index in [9.17, 15) is 9.90 Å². The molecular weight excluding hydrogens is 328 g/mol. The van der Waals surface area contributed by atoms with Crippen molar-refractivity contribution < 1.29 is 9.90 Å². The average Bonchev–Trinajstić information content (AvgIpc) is 3.13. The van der Waals surface area contributed by atoms with E-state index in [1.165, 1.54) is 0 Å². The molecule has 0 radical (unpaired) electrons. The van der Waals surface area contributed by atoms with E-state index >= 15 is 0 Å². The molecule has 0 aliphatic carbocycles. The number of carboxylic acids is 1. The highest BCUT2D eigenvalue weighted by Gasteiger charge is 2.17. The van der Waals surface area contributed by atoms with Gasteiger partial charge in [-0.25, -0.2) is 9.78 Å². The molecule has 4 rings (SSSR count). The van der Waals surface area contributed by atoms with Crippen LogP contribution in [-0.2, 0) is 7.05 Å². The van der Waals surface area contributed by atoms with Crippen LogP contribution in [0.15, 0.2) is 48.8 Å². The number of rotatable bonds is 3. The second-order valence-electron chi connectivity index (χ2n) is 6.34. The molecule has 6 nitrogen and oxygen atoms in total. The topological polar surface area (TPSA) is 72.4 Å². The van der Waals surface area contributed by atoms with Crippen LogP contribution in [0, 0.1) is 13.8 Å². The van der Waals surface area contributed by atoms with Crippen molar-refractivity contribution in [1.82, 2.24) is 19.2 Å². The van der Waals surface area contributed by atoms with Crippen LogP contribution >= 0.6 is 0 Å². The molecular formula is C20H18N4O2. The van der Waals surface area contributed by atoms with Crippen LogP contribution in [0.4, 0.5) is 0 Å². The summed E-state index contributed by atoms with van der Waals surface area (Å²) in [6, 6.07) is 11.3. The lowest BCUT2D eigenvalue weighted by Crippen LogP contribution is -1.97. The highest BCUT2D eigenvalue weighted by Crippen LogP contribution is 2.34. The van der Waals surface area contributed by atoms with Gasteiger partial charge in [-0.05, 0) is 31.5 Å². The summed E-state index contributed by atoms with van der Waals surface area (Å²) in [5.74, 6) is -0.957. The normalized spacial score (nSPS) is 11.2. The SMILES string of the molecule is Cc1nn(C)cc1-c1ccccc1-c1nc2cc(C(=O)O)ccn2c1C. The van der Waals surface area contributed by atoms with Gasteiger partial charge in [-0.2, -0.15) is 5.10 Å². The maximum absolute atomic E-state index is 11.2. The van der Waals surface area contributed by atoms with Gasteiger partial charge in [-0.3, -0.25) is 4.68 Å². The Kier molecular flexibility index (Phi) is 3.61. The highest BCUT2D eigenvalue weighted by molar-refractivity contribution is 5.89. The van der Waals surface area contributed by atoms with Crippen molar-refractivity contribution in [3.05, 3.63) is 65.7 Å². The van der Waals surface area contributed by atoms with Crippen LogP contribution in [0.5, 0.6) is 0 Å². The van der Waals surface area contributed by atoms with Gasteiger partial charge in [0.2, 0.25) is 0 Å². The van der Waals surface area contributed by atoms with Gasteiger partial charge in [0.1, 0.15) is 5.65 Å². The number of hydrogen-bond donors (Lipinski definition) is 1. The van der Waals surface area contributed by atoms with Crippen molar-refractivity contribution in [1.29, 1.82) is 0 Å². The van der Waals surface area contributed by atoms with Crippen molar-refractivity contribution in [2.45, 2.75) is 13.8 Å². The third-order valence-electron chi connectivity index (χ3n) is 4.60. The van der Waals surface area contributed by atoms with Crippen LogP contribution in [0.2, 0.25) is 0 Å². The molecule has 0 spiro atoms. The van der Waals surface area contributed by atoms with E-state index in [1.807, 2.05) is 49.7 Å². The number of aromatic carboxylic acids is 1. The quantitative estimate of drug-likeness (QED) is 0.614. The number of hydrogen-bond acceptors (Lipinski definition) is 3. The minimum Gasteiger partial charge on any atom is -0.478 e. The minimum absolute atomic E-state index is 0.227. The summed E-state index contributed by atoms with van der Waals surface area (Å²) in [5.41, 5.74) is 6.72. The number of benzene rings is 1. The van der Waals surface area contributed by atoms with Gasteiger partial charge in [0, 0.05) is 36.3 Å². The molecule has 0 atom stereocenters. The first-order chi connectivity index (χ1) is 12.5. The van der Waals surface area contributed by atoms with E-state index in [4.69, 9.17) is 4.98 Å². The third kappa shape index (κ3) is 2.47. The molecule has 3 heterocycles. The molecule has 0 amide bonds. The van der Waals surface area contributed by atoms with Crippen LogP contribution in [-0.4, -0.2) is 30.2 Å². The molecule has 0 fully saturated rings. The summed E-state index contributed by atoms with van der Waals surface area (Å²) in [4.78, 5) is 16.0. The van der Waals surface area contributed by atoms with E-state index in [2.05, 4.69) is 11.2 Å². The Labute approximate surface area is 150 Å². The zero-order valence-corrected chi connectivity index (χ0v) is 14.8. The summed E-state index contributed by atoms with van der Waals surface area (Å²) in [6.45, 7) is 3.98. The molecule has 0 unspecified atom stereocenters. The van der Waals surface area contributed by atoms with Crippen molar-refractivity contribution in [2.75, 3.05) is 0 Å².